The van der Waals surface area contributed by atoms with E-state index in [2.05, 4.69) is 15.3 Å². The molecule has 2 aromatic heterocycles. The standard InChI is InChI=1S/C14H19N3O2S/c1-4-14(3,19)8-16-13(18)11-5-10(6-15-11)12-7-20-9(2)17-12/h5-7,15,19H,4,8H2,1-3H3,(H,16,18). The van der Waals surface area contributed by atoms with E-state index in [9.17, 15) is 9.90 Å². The van der Waals surface area contributed by atoms with Crippen LogP contribution in [-0.2, 0) is 0 Å². The molecule has 2 aromatic rings. The lowest BCUT2D eigenvalue weighted by Crippen LogP contribution is -2.40. The average molecular weight is 293 g/mol. The lowest BCUT2D eigenvalue weighted by molar-refractivity contribution is 0.0517. The predicted molar refractivity (Wildman–Crippen MR) is 79.9 cm³/mol. The van der Waals surface area contributed by atoms with Gasteiger partial charge in [-0.3, -0.25) is 4.79 Å². The maximum absolute atomic E-state index is 12.0. The van der Waals surface area contributed by atoms with E-state index in [1.54, 1.807) is 30.5 Å². The molecule has 3 N–H and O–H groups in total. The molecule has 5 nitrogen and oxygen atoms in total. The molecule has 1 amide bonds. The summed E-state index contributed by atoms with van der Waals surface area (Å²) in [6.07, 6.45) is 2.35. The number of hydrogen-bond acceptors (Lipinski definition) is 4. The number of aliphatic hydroxyl groups is 1. The predicted octanol–water partition coefficient (Wildman–Crippen LogP) is 2.34. The number of aromatic nitrogens is 2. The Kier molecular flexibility index (Phi) is 4.25. The van der Waals surface area contributed by atoms with Gasteiger partial charge in [0.05, 0.1) is 16.3 Å². The maximum atomic E-state index is 12.0. The van der Waals surface area contributed by atoms with Gasteiger partial charge in [-0.25, -0.2) is 4.98 Å². The number of nitrogens with one attached hydrogen (secondary N) is 2. The Balaban J connectivity index is 2.03. The number of aryl methyl sites for hydroxylation is 1. The van der Waals surface area contributed by atoms with Gasteiger partial charge < -0.3 is 15.4 Å². The van der Waals surface area contributed by atoms with Crippen LogP contribution in [0.3, 0.4) is 0 Å². The van der Waals surface area contributed by atoms with E-state index in [0.717, 1.165) is 16.3 Å². The number of nitrogens with zero attached hydrogens (tertiary/aromatic N) is 1. The van der Waals surface area contributed by atoms with Gasteiger partial charge in [0.1, 0.15) is 5.69 Å². The third-order valence-electron chi connectivity index (χ3n) is 3.23. The first kappa shape index (κ1) is 14.7. The summed E-state index contributed by atoms with van der Waals surface area (Å²) in [5, 5.41) is 15.5. The van der Waals surface area contributed by atoms with Crippen LogP contribution < -0.4 is 5.32 Å². The number of rotatable bonds is 5. The summed E-state index contributed by atoms with van der Waals surface area (Å²) in [4.78, 5) is 19.3. The fraction of sp³-hybridized carbons (Fsp3) is 0.429. The van der Waals surface area contributed by atoms with Gasteiger partial charge in [-0.15, -0.1) is 11.3 Å². The van der Waals surface area contributed by atoms with Crippen molar-refractivity contribution in [2.45, 2.75) is 32.8 Å². The zero-order valence-electron chi connectivity index (χ0n) is 11.9. The van der Waals surface area contributed by atoms with E-state index in [0.29, 0.717) is 12.1 Å². The smallest absolute Gasteiger partial charge is 0.267 e. The van der Waals surface area contributed by atoms with Crippen molar-refractivity contribution in [2.24, 2.45) is 0 Å². The molecule has 0 fully saturated rings. The van der Waals surface area contributed by atoms with Crippen molar-refractivity contribution in [1.82, 2.24) is 15.3 Å². The van der Waals surface area contributed by atoms with Crippen molar-refractivity contribution in [3.63, 3.8) is 0 Å². The van der Waals surface area contributed by atoms with E-state index in [1.807, 2.05) is 19.2 Å². The minimum atomic E-state index is -0.878. The van der Waals surface area contributed by atoms with Gasteiger partial charge in [0.2, 0.25) is 0 Å². The molecule has 0 aliphatic carbocycles. The highest BCUT2D eigenvalue weighted by Gasteiger charge is 2.19. The van der Waals surface area contributed by atoms with E-state index in [1.165, 1.54) is 0 Å². The minimum Gasteiger partial charge on any atom is -0.388 e. The molecular weight excluding hydrogens is 274 g/mol. The van der Waals surface area contributed by atoms with Crippen LogP contribution in [0, 0.1) is 6.92 Å². The molecule has 0 bridgehead atoms. The molecule has 20 heavy (non-hydrogen) atoms. The van der Waals surface area contributed by atoms with Crippen molar-refractivity contribution in [3.8, 4) is 11.3 Å². The number of thiazole rings is 1. The Morgan fingerprint density at radius 2 is 2.35 bits per heavy atom. The summed E-state index contributed by atoms with van der Waals surface area (Å²) >= 11 is 1.57. The van der Waals surface area contributed by atoms with Crippen LogP contribution in [0.15, 0.2) is 17.6 Å². The minimum absolute atomic E-state index is 0.225. The molecule has 108 valence electrons. The third kappa shape index (κ3) is 3.46. The first-order valence-electron chi connectivity index (χ1n) is 6.53. The number of carbonyl (C=O) groups is 1. The Hall–Kier alpha value is -1.66. The highest BCUT2D eigenvalue weighted by molar-refractivity contribution is 7.09. The fourth-order valence-electron chi connectivity index (χ4n) is 1.66. The molecule has 2 heterocycles. The summed E-state index contributed by atoms with van der Waals surface area (Å²) in [7, 11) is 0. The van der Waals surface area contributed by atoms with Crippen LogP contribution in [0.5, 0.6) is 0 Å². The fourth-order valence-corrected chi connectivity index (χ4v) is 2.28. The van der Waals surface area contributed by atoms with Gasteiger partial charge in [-0.1, -0.05) is 6.92 Å². The summed E-state index contributed by atoms with van der Waals surface area (Å²) in [5.74, 6) is -0.225. The van der Waals surface area contributed by atoms with Crippen LogP contribution in [-0.4, -0.2) is 33.1 Å². The van der Waals surface area contributed by atoms with Gasteiger partial charge in [0.15, 0.2) is 0 Å². The molecule has 1 unspecified atom stereocenters. The van der Waals surface area contributed by atoms with Crippen LogP contribution >= 0.6 is 11.3 Å². The Morgan fingerprint density at radius 1 is 1.60 bits per heavy atom. The Morgan fingerprint density at radius 3 is 2.95 bits per heavy atom. The van der Waals surface area contributed by atoms with Crippen molar-refractivity contribution in [1.29, 1.82) is 0 Å². The van der Waals surface area contributed by atoms with Crippen molar-refractivity contribution < 1.29 is 9.90 Å². The lowest BCUT2D eigenvalue weighted by Gasteiger charge is -2.21. The number of amides is 1. The summed E-state index contributed by atoms with van der Waals surface area (Å²) in [5.41, 5.74) is 1.35. The SMILES string of the molecule is CCC(C)(O)CNC(=O)c1cc(-c2csc(C)n2)c[nH]1. The Labute approximate surface area is 122 Å². The lowest BCUT2D eigenvalue weighted by atomic mass is 10.0. The first-order chi connectivity index (χ1) is 9.41. The summed E-state index contributed by atoms with van der Waals surface area (Å²) < 4.78 is 0. The van der Waals surface area contributed by atoms with E-state index < -0.39 is 5.60 Å². The number of aromatic amines is 1. The summed E-state index contributed by atoms with van der Waals surface area (Å²) in [6, 6.07) is 1.77. The number of carbonyl (C=O) groups excluding carboxylic acids is 1. The van der Waals surface area contributed by atoms with Gasteiger partial charge in [0.25, 0.3) is 5.91 Å². The molecule has 0 spiro atoms. The van der Waals surface area contributed by atoms with Crippen molar-refractivity contribution in [3.05, 3.63) is 28.3 Å². The Bertz CT molecular complexity index is 601. The van der Waals surface area contributed by atoms with Crippen LogP contribution in [0.1, 0.15) is 35.8 Å². The number of hydrogen-bond donors (Lipinski definition) is 3. The van der Waals surface area contributed by atoms with Crippen LogP contribution in [0.2, 0.25) is 0 Å². The zero-order valence-corrected chi connectivity index (χ0v) is 12.7. The number of H-pyrrole nitrogens is 1. The van der Waals surface area contributed by atoms with Crippen molar-refractivity contribution >= 4 is 17.2 Å². The third-order valence-corrected chi connectivity index (χ3v) is 4.01. The van der Waals surface area contributed by atoms with E-state index in [4.69, 9.17) is 0 Å². The summed E-state index contributed by atoms with van der Waals surface area (Å²) in [6.45, 7) is 5.75. The molecule has 1 atom stereocenters. The van der Waals surface area contributed by atoms with Crippen molar-refractivity contribution in [2.75, 3.05) is 6.54 Å². The first-order valence-corrected chi connectivity index (χ1v) is 7.41. The molecule has 0 aliphatic rings. The quantitative estimate of drug-likeness (QED) is 0.791. The van der Waals surface area contributed by atoms with Gasteiger partial charge >= 0.3 is 0 Å². The van der Waals surface area contributed by atoms with Gasteiger partial charge in [-0.2, -0.15) is 0 Å². The van der Waals surface area contributed by atoms with E-state index >= 15 is 0 Å². The molecular formula is C14H19N3O2S. The zero-order chi connectivity index (χ0) is 14.8. The molecule has 0 radical (unpaired) electrons. The maximum Gasteiger partial charge on any atom is 0.267 e. The highest BCUT2D eigenvalue weighted by Crippen LogP contribution is 2.22. The van der Waals surface area contributed by atoms with Crippen LogP contribution in [0.4, 0.5) is 0 Å². The molecule has 2 rings (SSSR count). The highest BCUT2D eigenvalue weighted by atomic mass is 32.1. The molecule has 6 heteroatoms. The molecule has 0 aromatic carbocycles. The van der Waals surface area contributed by atoms with E-state index in [-0.39, 0.29) is 12.5 Å². The normalized spacial score (nSPS) is 14.0. The second-order valence-corrected chi connectivity index (χ2v) is 6.15. The van der Waals surface area contributed by atoms with Crippen LogP contribution in [0.25, 0.3) is 11.3 Å². The molecule has 0 saturated heterocycles. The topological polar surface area (TPSA) is 78.0 Å². The largest absolute Gasteiger partial charge is 0.388 e. The monoisotopic (exact) mass is 293 g/mol. The average Bonchev–Trinajstić information content (AvgIpc) is 3.04. The molecule has 0 saturated carbocycles. The van der Waals surface area contributed by atoms with Gasteiger partial charge in [-0.05, 0) is 26.3 Å². The second-order valence-electron chi connectivity index (χ2n) is 5.09. The van der Waals surface area contributed by atoms with Gasteiger partial charge in [0, 0.05) is 23.7 Å². The molecule has 0 aliphatic heterocycles. The second kappa shape index (κ2) is 5.76.